The van der Waals surface area contributed by atoms with E-state index in [1.165, 1.54) is 26.7 Å². The van der Waals surface area contributed by atoms with Crippen molar-refractivity contribution in [3.05, 3.63) is 57.1 Å². The fourth-order valence-electron chi connectivity index (χ4n) is 3.96. The molecule has 1 aromatic heterocycles. The van der Waals surface area contributed by atoms with E-state index in [0.29, 0.717) is 29.2 Å². The van der Waals surface area contributed by atoms with E-state index in [4.69, 9.17) is 13.9 Å². The van der Waals surface area contributed by atoms with E-state index in [2.05, 4.69) is 4.90 Å². The third-order valence-corrected chi connectivity index (χ3v) is 5.62. The Kier molecular flexibility index (Phi) is 7.70. The van der Waals surface area contributed by atoms with Crippen molar-refractivity contribution in [2.75, 3.05) is 27.3 Å². The fourth-order valence-corrected chi connectivity index (χ4v) is 3.96. The van der Waals surface area contributed by atoms with Crippen molar-refractivity contribution in [3.63, 3.8) is 0 Å². The Bertz CT molecular complexity index is 963. The van der Waals surface area contributed by atoms with Crippen LogP contribution >= 0.6 is 0 Å². The summed E-state index contributed by atoms with van der Waals surface area (Å²) in [5.41, 5.74) is 0.545. The number of hydrogen-bond acceptors (Lipinski definition) is 8. The van der Waals surface area contributed by atoms with Gasteiger partial charge in [-0.2, -0.15) is 0 Å². The van der Waals surface area contributed by atoms with Crippen molar-refractivity contribution in [1.82, 2.24) is 4.90 Å². The number of hydrogen-bond donors (Lipinski definition) is 2. The van der Waals surface area contributed by atoms with Crippen molar-refractivity contribution in [2.45, 2.75) is 44.8 Å². The Morgan fingerprint density at radius 1 is 1.19 bits per heavy atom. The predicted octanol–water partition coefficient (Wildman–Crippen LogP) is 2.53. The van der Waals surface area contributed by atoms with Gasteiger partial charge in [-0.15, -0.1) is 0 Å². The van der Waals surface area contributed by atoms with Gasteiger partial charge in [0.25, 0.3) is 0 Å². The highest BCUT2D eigenvalue weighted by Crippen LogP contribution is 2.35. The van der Waals surface area contributed by atoms with Crippen LogP contribution in [0.15, 0.2) is 33.5 Å². The number of aliphatic hydroxyl groups excluding tert-OH is 1. The zero-order valence-electron chi connectivity index (χ0n) is 17.9. The molecule has 2 aromatic rings. The summed E-state index contributed by atoms with van der Waals surface area (Å²) < 4.78 is 16.1. The molecule has 0 aliphatic carbocycles. The molecule has 0 spiro atoms. The summed E-state index contributed by atoms with van der Waals surface area (Å²) >= 11 is 0. The molecule has 0 saturated carbocycles. The minimum atomic E-state index is -0.766. The van der Waals surface area contributed by atoms with Crippen LogP contribution in [0.4, 0.5) is 0 Å². The van der Waals surface area contributed by atoms with Crippen LogP contribution in [0.5, 0.6) is 11.5 Å². The molecule has 1 atom stereocenters. The molecule has 31 heavy (non-hydrogen) atoms. The van der Waals surface area contributed by atoms with Crippen molar-refractivity contribution >= 4 is 5.97 Å². The topological polar surface area (TPSA) is 109 Å². The summed E-state index contributed by atoms with van der Waals surface area (Å²) in [5.74, 6) is -0.873. The van der Waals surface area contributed by atoms with Gasteiger partial charge < -0.3 is 24.1 Å². The van der Waals surface area contributed by atoms with Crippen LogP contribution < -0.4 is 10.2 Å². The van der Waals surface area contributed by atoms with Gasteiger partial charge in [0.15, 0.2) is 5.76 Å². The van der Waals surface area contributed by atoms with E-state index in [-0.39, 0.29) is 18.8 Å². The number of piperidine rings is 1. The number of aromatic hydroxyl groups is 1. The summed E-state index contributed by atoms with van der Waals surface area (Å²) in [6.07, 6.45) is 3.23. The van der Waals surface area contributed by atoms with Gasteiger partial charge in [-0.1, -0.05) is 12.5 Å². The highest BCUT2D eigenvalue weighted by Gasteiger charge is 2.27. The Hall–Kier alpha value is -2.84. The summed E-state index contributed by atoms with van der Waals surface area (Å²) in [4.78, 5) is 26.9. The zero-order valence-corrected chi connectivity index (χ0v) is 17.9. The number of methoxy groups -OCH3 is 2. The fraction of sp³-hybridized carbons (Fsp3) is 0.478. The Balaban J connectivity index is 2.04. The number of benzene rings is 1. The van der Waals surface area contributed by atoms with Crippen LogP contribution in [0.3, 0.4) is 0 Å². The lowest BCUT2D eigenvalue weighted by atomic mass is 9.90. The smallest absolute Gasteiger partial charge is 0.306 e. The first-order chi connectivity index (χ1) is 15.0. The number of carbonyl (C=O) groups is 1. The molecular weight excluding hydrogens is 402 g/mol. The summed E-state index contributed by atoms with van der Waals surface area (Å²) in [6, 6.07) is 6.35. The number of likely N-dealkylation sites (tertiary alicyclic amines) is 1. The highest BCUT2D eigenvalue weighted by molar-refractivity contribution is 5.71. The van der Waals surface area contributed by atoms with Crippen LogP contribution in [0.2, 0.25) is 0 Å². The summed E-state index contributed by atoms with van der Waals surface area (Å²) in [6.45, 7) is 2.03. The van der Waals surface area contributed by atoms with Crippen LogP contribution in [0.1, 0.15) is 54.2 Å². The molecule has 8 heteroatoms. The van der Waals surface area contributed by atoms with Gasteiger partial charge in [0.1, 0.15) is 11.5 Å². The maximum absolute atomic E-state index is 12.5. The van der Waals surface area contributed by atoms with Crippen molar-refractivity contribution in [2.24, 2.45) is 0 Å². The van der Waals surface area contributed by atoms with Gasteiger partial charge in [-0.05, 0) is 43.6 Å². The van der Waals surface area contributed by atoms with E-state index < -0.39 is 23.1 Å². The van der Waals surface area contributed by atoms with Gasteiger partial charge in [-0.3, -0.25) is 14.5 Å². The molecule has 8 nitrogen and oxygen atoms in total. The van der Waals surface area contributed by atoms with Crippen molar-refractivity contribution < 1.29 is 28.9 Å². The number of ether oxygens (including phenoxy) is 2. The van der Waals surface area contributed by atoms with Crippen molar-refractivity contribution in [1.29, 1.82) is 0 Å². The molecule has 0 unspecified atom stereocenters. The van der Waals surface area contributed by atoms with E-state index in [1.54, 1.807) is 18.2 Å². The number of carbonyl (C=O) groups excluding carboxylic acids is 1. The standard InChI is InChI=1S/C23H29NO7/c1-29-20-7-6-15(10-16(20)14-25)18(12-21(27)30-2)23-22(28)19(26)11-17(31-23)13-24-8-4-3-5-9-24/h6-7,10-11,18,25,28H,3-5,8-9,12-14H2,1-2H3/t18-/m0/s1. The first-order valence-corrected chi connectivity index (χ1v) is 10.4. The van der Waals surface area contributed by atoms with E-state index in [9.17, 15) is 19.8 Å². The van der Waals surface area contributed by atoms with Gasteiger partial charge in [0.05, 0.1) is 39.7 Å². The normalized spacial score (nSPS) is 15.5. The Morgan fingerprint density at radius 3 is 2.58 bits per heavy atom. The van der Waals surface area contributed by atoms with E-state index >= 15 is 0 Å². The Labute approximate surface area is 181 Å². The van der Waals surface area contributed by atoms with Gasteiger partial charge >= 0.3 is 5.97 Å². The molecule has 0 radical (unpaired) electrons. The van der Waals surface area contributed by atoms with Gasteiger partial charge in [-0.25, -0.2) is 0 Å². The quantitative estimate of drug-likeness (QED) is 0.614. The maximum atomic E-state index is 12.5. The van der Waals surface area contributed by atoms with Gasteiger partial charge in [0, 0.05) is 11.6 Å². The number of esters is 1. The zero-order chi connectivity index (χ0) is 22.4. The third kappa shape index (κ3) is 5.45. The van der Waals surface area contributed by atoms with Crippen LogP contribution in [0, 0.1) is 0 Å². The average molecular weight is 431 g/mol. The average Bonchev–Trinajstić information content (AvgIpc) is 2.80. The van der Waals surface area contributed by atoms with E-state index in [1.807, 2.05) is 0 Å². The molecule has 2 N–H and O–H groups in total. The summed E-state index contributed by atoms with van der Waals surface area (Å²) in [7, 11) is 2.77. The predicted molar refractivity (Wildman–Crippen MR) is 113 cm³/mol. The van der Waals surface area contributed by atoms with Crippen LogP contribution in [-0.4, -0.2) is 48.4 Å². The summed E-state index contributed by atoms with van der Waals surface area (Å²) in [5, 5.41) is 20.2. The lowest BCUT2D eigenvalue weighted by Crippen LogP contribution is -2.29. The van der Waals surface area contributed by atoms with Crippen LogP contribution in [0.25, 0.3) is 0 Å². The first kappa shape index (κ1) is 22.8. The second-order valence-electron chi connectivity index (χ2n) is 7.69. The van der Waals surface area contributed by atoms with Crippen molar-refractivity contribution in [3.8, 4) is 11.5 Å². The molecule has 168 valence electrons. The minimum absolute atomic E-state index is 0.0129. The number of aliphatic hydroxyl groups is 1. The Morgan fingerprint density at radius 2 is 1.94 bits per heavy atom. The first-order valence-electron chi connectivity index (χ1n) is 10.4. The molecule has 1 aliphatic rings. The van der Waals surface area contributed by atoms with Crippen LogP contribution in [-0.2, 0) is 22.7 Å². The maximum Gasteiger partial charge on any atom is 0.306 e. The third-order valence-electron chi connectivity index (χ3n) is 5.62. The molecule has 0 bridgehead atoms. The number of rotatable bonds is 8. The second-order valence-corrected chi connectivity index (χ2v) is 7.69. The van der Waals surface area contributed by atoms with E-state index in [0.717, 1.165) is 25.9 Å². The lowest BCUT2D eigenvalue weighted by molar-refractivity contribution is -0.140. The lowest BCUT2D eigenvalue weighted by Gasteiger charge is -2.26. The monoisotopic (exact) mass is 431 g/mol. The molecular formula is C23H29NO7. The highest BCUT2D eigenvalue weighted by atomic mass is 16.5. The molecule has 3 rings (SSSR count). The molecule has 0 amide bonds. The minimum Gasteiger partial charge on any atom is -0.502 e. The molecule has 1 saturated heterocycles. The largest absolute Gasteiger partial charge is 0.502 e. The molecule has 1 aliphatic heterocycles. The molecule has 1 aromatic carbocycles. The molecule has 2 heterocycles. The second kappa shape index (κ2) is 10.5. The number of nitrogens with zero attached hydrogens (tertiary/aromatic N) is 1. The molecule has 1 fully saturated rings. The SMILES string of the molecule is COC(=O)C[C@@H](c1ccc(OC)c(CO)c1)c1oc(CN2CCCCC2)cc(=O)c1O. The van der Waals surface area contributed by atoms with Gasteiger partial charge in [0.2, 0.25) is 11.2 Å².